The average Bonchev–Trinajstić information content (AvgIpc) is 2.46. The van der Waals surface area contributed by atoms with Gasteiger partial charge in [0.2, 0.25) is 0 Å². The van der Waals surface area contributed by atoms with E-state index in [2.05, 4.69) is 10.1 Å². The van der Waals surface area contributed by atoms with E-state index in [-0.39, 0.29) is 5.56 Å². The van der Waals surface area contributed by atoms with Gasteiger partial charge in [-0.3, -0.25) is 4.98 Å². The van der Waals surface area contributed by atoms with E-state index in [1.807, 2.05) is 30.3 Å². The summed E-state index contributed by atoms with van der Waals surface area (Å²) in [5.74, 6) is -1.04. The van der Waals surface area contributed by atoms with Crippen LogP contribution in [0, 0.1) is 0 Å². The molecule has 0 radical (unpaired) electrons. The summed E-state index contributed by atoms with van der Waals surface area (Å²) in [4.78, 5) is 14.9. The number of rotatable bonds is 4. The molecule has 5 heteroatoms. The van der Waals surface area contributed by atoms with Crippen molar-refractivity contribution in [3.63, 3.8) is 0 Å². The van der Waals surface area contributed by atoms with Crippen molar-refractivity contribution in [1.29, 1.82) is 0 Å². The van der Waals surface area contributed by atoms with Gasteiger partial charge in [-0.2, -0.15) is 0 Å². The first-order valence-electron chi connectivity index (χ1n) is 5.65. The van der Waals surface area contributed by atoms with Crippen molar-refractivity contribution in [2.75, 3.05) is 0 Å². The number of pyridine rings is 1. The van der Waals surface area contributed by atoms with E-state index in [0.717, 1.165) is 5.56 Å². The van der Waals surface area contributed by atoms with Crippen LogP contribution in [-0.4, -0.2) is 27.0 Å². The Morgan fingerprint density at radius 1 is 1.21 bits per heavy atom. The summed E-state index contributed by atoms with van der Waals surface area (Å²) in [6.07, 6.45) is 1.77. The summed E-state index contributed by atoms with van der Waals surface area (Å²) < 4.78 is 0. The molecule has 0 saturated heterocycles. The highest BCUT2D eigenvalue weighted by atomic mass is 16.4. The number of hydrogen-bond donors (Lipinski definition) is 2. The highest BCUT2D eigenvalue weighted by Gasteiger charge is 2.10. The lowest BCUT2D eigenvalue weighted by molar-refractivity contribution is 0.0696. The number of nitrogens with zero attached hydrogens (tertiary/aromatic N) is 2. The van der Waals surface area contributed by atoms with Crippen molar-refractivity contribution in [2.24, 2.45) is 5.16 Å². The molecule has 2 rings (SSSR count). The second-order valence-corrected chi connectivity index (χ2v) is 3.94. The molecule has 0 aliphatic rings. The van der Waals surface area contributed by atoms with Gasteiger partial charge in [0.25, 0.3) is 0 Å². The quantitative estimate of drug-likeness (QED) is 0.499. The molecule has 0 fully saturated rings. The van der Waals surface area contributed by atoms with Crippen LogP contribution in [0.25, 0.3) is 0 Å². The van der Waals surface area contributed by atoms with Crippen molar-refractivity contribution >= 4 is 11.7 Å². The van der Waals surface area contributed by atoms with Gasteiger partial charge in [-0.25, -0.2) is 4.79 Å². The van der Waals surface area contributed by atoms with Crippen molar-refractivity contribution in [3.8, 4) is 0 Å². The molecule has 0 spiro atoms. The Bertz CT molecular complexity index is 609. The van der Waals surface area contributed by atoms with Crippen molar-refractivity contribution < 1.29 is 15.1 Å². The average molecular weight is 256 g/mol. The molecule has 2 aromatic rings. The first-order valence-corrected chi connectivity index (χ1v) is 5.65. The smallest absolute Gasteiger partial charge is 0.335 e. The standard InChI is InChI=1S/C14H12N2O3/c17-14(18)11-6-7-15-12(9-11)13(16-19)8-10-4-2-1-3-5-10/h1-7,9,19H,8H2,(H,17,18)/b16-13+. The van der Waals surface area contributed by atoms with Crippen LogP contribution in [0.1, 0.15) is 21.6 Å². The minimum absolute atomic E-state index is 0.110. The van der Waals surface area contributed by atoms with Gasteiger partial charge in [0.15, 0.2) is 0 Å². The molecule has 2 N–H and O–H groups in total. The van der Waals surface area contributed by atoms with Gasteiger partial charge < -0.3 is 10.3 Å². The number of benzene rings is 1. The lowest BCUT2D eigenvalue weighted by Crippen LogP contribution is -2.09. The van der Waals surface area contributed by atoms with E-state index in [9.17, 15) is 4.79 Å². The minimum Gasteiger partial charge on any atom is -0.478 e. The highest BCUT2D eigenvalue weighted by Crippen LogP contribution is 2.08. The SMILES string of the molecule is O=C(O)c1ccnc(/C(Cc2ccccc2)=N/O)c1. The third kappa shape index (κ3) is 3.16. The molecular weight excluding hydrogens is 244 g/mol. The zero-order valence-corrected chi connectivity index (χ0v) is 10.0. The Kier molecular flexibility index (Phi) is 3.87. The van der Waals surface area contributed by atoms with Crippen LogP contribution in [-0.2, 0) is 6.42 Å². The number of hydrogen-bond acceptors (Lipinski definition) is 4. The number of carbonyl (C=O) groups is 1. The van der Waals surface area contributed by atoms with Crippen LogP contribution < -0.4 is 0 Å². The molecule has 19 heavy (non-hydrogen) atoms. The Morgan fingerprint density at radius 3 is 2.58 bits per heavy atom. The van der Waals surface area contributed by atoms with Crippen LogP contribution in [0.4, 0.5) is 0 Å². The molecule has 0 saturated carbocycles. The lowest BCUT2D eigenvalue weighted by atomic mass is 10.0. The molecule has 0 atom stereocenters. The van der Waals surface area contributed by atoms with Gasteiger partial charge in [0, 0.05) is 12.6 Å². The summed E-state index contributed by atoms with van der Waals surface area (Å²) in [6, 6.07) is 12.2. The van der Waals surface area contributed by atoms with Crippen LogP contribution in [0.2, 0.25) is 0 Å². The Morgan fingerprint density at radius 2 is 1.95 bits per heavy atom. The van der Waals surface area contributed by atoms with E-state index >= 15 is 0 Å². The predicted octanol–water partition coefficient (Wildman–Crippen LogP) is 2.20. The summed E-state index contributed by atoms with van der Waals surface area (Å²) in [6.45, 7) is 0. The maximum Gasteiger partial charge on any atom is 0.335 e. The summed E-state index contributed by atoms with van der Waals surface area (Å²) in [7, 11) is 0. The Hall–Kier alpha value is -2.69. The number of aromatic carboxylic acids is 1. The number of oxime groups is 1. The number of carboxylic acids is 1. The van der Waals surface area contributed by atoms with Gasteiger partial charge in [-0.05, 0) is 17.7 Å². The van der Waals surface area contributed by atoms with Crippen LogP contribution in [0.5, 0.6) is 0 Å². The first-order chi connectivity index (χ1) is 9.20. The van der Waals surface area contributed by atoms with Gasteiger partial charge in [0.1, 0.15) is 5.71 Å². The normalized spacial score (nSPS) is 11.3. The van der Waals surface area contributed by atoms with Gasteiger partial charge in [-0.15, -0.1) is 0 Å². The second-order valence-electron chi connectivity index (χ2n) is 3.94. The molecule has 1 aromatic heterocycles. The van der Waals surface area contributed by atoms with Gasteiger partial charge in [-0.1, -0.05) is 35.5 Å². The second kappa shape index (κ2) is 5.77. The summed E-state index contributed by atoms with van der Waals surface area (Å²) in [5.41, 5.74) is 1.75. The predicted molar refractivity (Wildman–Crippen MR) is 69.7 cm³/mol. The molecule has 5 nitrogen and oxygen atoms in total. The van der Waals surface area contributed by atoms with Crippen molar-refractivity contribution in [1.82, 2.24) is 4.98 Å². The molecule has 1 aromatic carbocycles. The maximum atomic E-state index is 10.9. The molecule has 0 aliphatic carbocycles. The van der Waals surface area contributed by atoms with E-state index in [1.165, 1.54) is 18.3 Å². The van der Waals surface area contributed by atoms with Gasteiger partial charge in [0.05, 0.1) is 11.3 Å². The van der Waals surface area contributed by atoms with E-state index in [1.54, 1.807) is 0 Å². The van der Waals surface area contributed by atoms with Crippen molar-refractivity contribution in [2.45, 2.75) is 6.42 Å². The molecule has 0 bridgehead atoms. The minimum atomic E-state index is -1.04. The molecule has 1 heterocycles. The highest BCUT2D eigenvalue weighted by molar-refractivity contribution is 6.01. The number of aromatic nitrogens is 1. The fourth-order valence-corrected chi connectivity index (χ4v) is 1.69. The molecular formula is C14H12N2O3. The van der Waals surface area contributed by atoms with E-state index in [0.29, 0.717) is 17.8 Å². The van der Waals surface area contributed by atoms with E-state index in [4.69, 9.17) is 10.3 Å². The largest absolute Gasteiger partial charge is 0.478 e. The third-order valence-electron chi connectivity index (χ3n) is 2.64. The van der Waals surface area contributed by atoms with Crippen LogP contribution in [0.15, 0.2) is 53.8 Å². The summed E-state index contributed by atoms with van der Waals surface area (Å²) in [5, 5.41) is 21.2. The van der Waals surface area contributed by atoms with Gasteiger partial charge >= 0.3 is 5.97 Å². The fourth-order valence-electron chi connectivity index (χ4n) is 1.69. The van der Waals surface area contributed by atoms with Crippen molar-refractivity contribution in [3.05, 3.63) is 65.5 Å². The first kappa shape index (κ1) is 12.8. The molecule has 0 unspecified atom stereocenters. The third-order valence-corrected chi connectivity index (χ3v) is 2.64. The molecule has 96 valence electrons. The molecule has 0 aliphatic heterocycles. The summed E-state index contributed by atoms with van der Waals surface area (Å²) >= 11 is 0. The zero-order chi connectivity index (χ0) is 13.7. The Balaban J connectivity index is 2.28. The molecule has 0 amide bonds. The topological polar surface area (TPSA) is 82.8 Å². The fraction of sp³-hybridized carbons (Fsp3) is 0.0714. The lowest BCUT2D eigenvalue weighted by Gasteiger charge is -2.05. The Labute approximate surface area is 109 Å². The monoisotopic (exact) mass is 256 g/mol. The number of carboxylic acid groups (broad SMARTS) is 1. The van der Waals surface area contributed by atoms with Crippen LogP contribution in [0.3, 0.4) is 0 Å². The van der Waals surface area contributed by atoms with Crippen LogP contribution >= 0.6 is 0 Å². The van der Waals surface area contributed by atoms with E-state index < -0.39 is 5.97 Å². The maximum absolute atomic E-state index is 10.9. The zero-order valence-electron chi connectivity index (χ0n) is 10.0.